The van der Waals surface area contributed by atoms with E-state index >= 15 is 0 Å². The summed E-state index contributed by atoms with van der Waals surface area (Å²) in [6.45, 7) is 11.7. The zero-order valence-corrected chi connectivity index (χ0v) is 20.0. The number of hydrogen-bond donors (Lipinski definition) is 3. The fraction of sp³-hybridized carbons (Fsp3) is 0.926. The van der Waals surface area contributed by atoms with Gasteiger partial charge in [-0.05, 0) is 104 Å². The summed E-state index contributed by atoms with van der Waals surface area (Å²) >= 11 is 0. The number of aliphatic hydroxyl groups is 3. The zero-order valence-electron chi connectivity index (χ0n) is 20.0. The largest absolute Gasteiger partial charge is 0.393 e. The van der Waals surface area contributed by atoms with Crippen LogP contribution in [0.25, 0.3) is 0 Å². The molecule has 3 saturated carbocycles. The van der Waals surface area contributed by atoms with Gasteiger partial charge in [0.25, 0.3) is 0 Å². The van der Waals surface area contributed by atoms with E-state index in [0.29, 0.717) is 35.0 Å². The predicted molar refractivity (Wildman–Crippen MR) is 122 cm³/mol. The fourth-order valence-corrected chi connectivity index (χ4v) is 8.76. The molecule has 3 heteroatoms. The topological polar surface area (TPSA) is 60.7 Å². The molecule has 1 unspecified atom stereocenters. The average molecular weight is 419 g/mol. The first-order valence-corrected chi connectivity index (χ1v) is 12.8. The second-order valence-corrected chi connectivity index (χ2v) is 12.5. The monoisotopic (exact) mass is 418 g/mol. The molecule has 0 aromatic rings. The van der Waals surface area contributed by atoms with E-state index in [4.69, 9.17) is 0 Å². The van der Waals surface area contributed by atoms with Crippen LogP contribution in [0.2, 0.25) is 0 Å². The Morgan fingerprint density at radius 2 is 1.73 bits per heavy atom. The lowest BCUT2D eigenvalue weighted by Crippen LogP contribution is -2.53. The molecule has 4 aliphatic carbocycles. The minimum Gasteiger partial charge on any atom is -0.393 e. The van der Waals surface area contributed by atoms with Crippen LogP contribution in [0.5, 0.6) is 0 Å². The Hall–Kier alpha value is -0.380. The summed E-state index contributed by atoms with van der Waals surface area (Å²) in [6.07, 6.45) is 10.9. The van der Waals surface area contributed by atoms with Crippen LogP contribution in [0.15, 0.2) is 11.6 Å². The Labute approximate surface area is 184 Å². The quantitative estimate of drug-likeness (QED) is 0.529. The SMILES string of the molecule is CC(C)CC(O)C[C@@H](C)[C@H]1CC[C@H]2[C@@H]3C[C@H](O)[C@H]4C[C@@H](O)CC[C@]4(C)C3=CC[C@]12C. The lowest BCUT2D eigenvalue weighted by atomic mass is 9.47. The van der Waals surface area contributed by atoms with Crippen LogP contribution in [0.1, 0.15) is 92.4 Å². The summed E-state index contributed by atoms with van der Waals surface area (Å²) in [5, 5.41) is 31.9. The molecule has 3 nitrogen and oxygen atoms in total. The van der Waals surface area contributed by atoms with Crippen molar-refractivity contribution in [3.8, 4) is 0 Å². The highest BCUT2D eigenvalue weighted by Crippen LogP contribution is 2.66. The molecule has 0 bridgehead atoms. The fourth-order valence-electron chi connectivity index (χ4n) is 8.76. The van der Waals surface area contributed by atoms with Gasteiger partial charge in [0.2, 0.25) is 0 Å². The molecule has 0 aromatic heterocycles. The summed E-state index contributed by atoms with van der Waals surface area (Å²) in [5.41, 5.74) is 1.99. The second kappa shape index (κ2) is 8.19. The van der Waals surface area contributed by atoms with Crippen LogP contribution in [-0.4, -0.2) is 33.6 Å². The minimum atomic E-state index is -0.279. The van der Waals surface area contributed by atoms with Gasteiger partial charge in [-0.2, -0.15) is 0 Å². The molecule has 10 atom stereocenters. The molecule has 172 valence electrons. The molecule has 0 radical (unpaired) electrons. The number of aliphatic hydroxyl groups excluding tert-OH is 3. The van der Waals surface area contributed by atoms with Crippen molar-refractivity contribution >= 4 is 0 Å². The first kappa shape index (κ1) is 22.8. The number of fused-ring (bicyclic) bond motifs is 5. The molecule has 3 N–H and O–H groups in total. The van der Waals surface area contributed by atoms with E-state index in [1.807, 2.05) is 0 Å². The average Bonchev–Trinajstić information content (AvgIpc) is 3.00. The Morgan fingerprint density at radius 3 is 2.43 bits per heavy atom. The van der Waals surface area contributed by atoms with E-state index in [2.05, 4.69) is 40.7 Å². The molecule has 0 spiro atoms. The van der Waals surface area contributed by atoms with Crippen molar-refractivity contribution in [2.75, 3.05) is 0 Å². The van der Waals surface area contributed by atoms with Gasteiger partial charge in [0, 0.05) is 0 Å². The van der Waals surface area contributed by atoms with E-state index in [-0.39, 0.29) is 29.6 Å². The Balaban J connectivity index is 1.55. The molecule has 0 amide bonds. The molecule has 30 heavy (non-hydrogen) atoms. The number of rotatable bonds is 5. The van der Waals surface area contributed by atoms with Crippen molar-refractivity contribution in [2.45, 2.75) is 111 Å². The van der Waals surface area contributed by atoms with Crippen LogP contribution in [-0.2, 0) is 0 Å². The molecule has 4 rings (SSSR count). The number of allylic oxidation sites excluding steroid dienone is 2. The van der Waals surface area contributed by atoms with Crippen LogP contribution in [0.4, 0.5) is 0 Å². The maximum Gasteiger partial charge on any atom is 0.0583 e. The van der Waals surface area contributed by atoms with E-state index in [1.165, 1.54) is 12.8 Å². The third kappa shape index (κ3) is 3.71. The van der Waals surface area contributed by atoms with Gasteiger partial charge in [-0.1, -0.05) is 46.3 Å². The first-order chi connectivity index (χ1) is 14.1. The van der Waals surface area contributed by atoms with Crippen LogP contribution in [0, 0.1) is 46.3 Å². The van der Waals surface area contributed by atoms with Crippen molar-refractivity contribution < 1.29 is 15.3 Å². The minimum absolute atomic E-state index is 0.0695. The Bertz CT molecular complexity index is 656. The van der Waals surface area contributed by atoms with Crippen LogP contribution >= 0.6 is 0 Å². The van der Waals surface area contributed by atoms with Crippen molar-refractivity contribution in [1.29, 1.82) is 0 Å². The normalized spacial score (nSPS) is 47.8. The van der Waals surface area contributed by atoms with Crippen LogP contribution in [0.3, 0.4) is 0 Å². The molecule has 0 aliphatic heterocycles. The smallest absolute Gasteiger partial charge is 0.0583 e. The second-order valence-electron chi connectivity index (χ2n) is 12.5. The summed E-state index contributed by atoms with van der Waals surface area (Å²) in [5.74, 6) is 3.14. The van der Waals surface area contributed by atoms with Crippen molar-refractivity contribution in [3.63, 3.8) is 0 Å². The summed E-state index contributed by atoms with van der Waals surface area (Å²) < 4.78 is 0. The van der Waals surface area contributed by atoms with Gasteiger partial charge in [-0.3, -0.25) is 0 Å². The lowest BCUT2D eigenvalue weighted by Gasteiger charge is -2.58. The molecular formula is C27H46O3. The molecule has 0 aromatic carbocycles. The Morgan fingerprint density at radius 1 is 1.00 bits per heavy atom. The van der Waals surface area contributed by atoms with E-state index in [0.717, 1.165) is 44.9 Å². The van der Waals surface area contributed by atoms with Gasteiger partial charge in [-0.15, -0.1) is 0 Å². The van der Waals surface area contributed by atoms with Crippen molar-refractivity contribution in [1.82, 2.24) is 0 Å². The van der Waals surface area contributed by atoms with Gasteiger partial charge in [0.1, 0.15) is 0 Å². The molecule has 3 fully saturated rings. The summed E-state index contributed by atoms with van der Waals surface area (Å²) in [6, 6.07) is 0. The van der Waals surface area contributed by atoms with E-state index < -0.39 is 0 Å². The highest BCUT2D eigenvalue weighted by molar-refractivity contribution is 5.30. The predicted octanol–water partition coefficient (Wildman–Crippen LogP) is 5.33. The van der Waals surface area contributed by atoms with E-state index in [9.17, 15) is 15.3 Å². The first-order valence-electron chi connectivity index (χ1n) is 12.8. The van der Waals surface area contributed by atoms with Crippen molar-refractivity contribution in [3.05, 3.63) is 11.6 Å². The lowest BCUT2D eigenvalue weighted by molar-refractivity contribution is -0.0831. The highest BCUT2D eigenvalue weighted by Gasteiger charge is 2.59. The Kier molecular flexibility index (Phi) is 6.23. The molecule has 0 heterocycles. The van der Waals surface area contributed by atoms with Crippen LogP contribution < -0.4 is 0 Å². The maximum atomic E-state index is 11.1. The maximum absolute atomic E-state index is 11.1. The van der Waals surface area contributed by atoms with Gasteiger partial charge < -0.3 is 15.3 Å². The third-order valence-corrected chi connectivity index (χ3v) is 10.2. The van der Waals surface area contributed by atoms with Gasteiger partial charge in [-0.25, -0.2) is 0 Å². The summed E-state index contributed by atoms with van der Waals surface area (Å²) in [4.78, 5) is 0. The molecule has 0 saturated heterocycles. The van der Waals surface area contributed by atoms with Gasteiger partial charge in [0.15, 0.2) is 0 Å². The highest BCUT2D eigenvalue weighted by atomic mass is 16.3. The standard InChI is InChI=1S/C27H46O3/c1-16(2)12-19(29)13-17(3)21-6-7-22-20-15-25(30)24-14-18(28)8-10-27(24,5)23(20)9-11-26(21,22)4/h9,16-22,24-25,28-30H,6-8,10-15H2,1-5H3/t17-,18+,19?,20+,21-,22+,24-,25+,26-,27-/m1/s1. The van der Waals surface area contributed by atoms with Gasteiger partial charge >= 0.3 is 0 Å². The molecule has 4 aliphatic rings. The summed E-state index contributed by atoms with van der Waals surface area (Å²) in [7, 11) is 0. The van der Waals surface area contributed by atoms with Gasteiger partial charge in [0.05, 0.1) is 18.3 Å². The zero-order chi connectivity index (χ0) is 21.8. The van der Waals surface area contributed by atoms with E-state index in [1.54, 1.807) is 5.57 Å². The van der Waals surface area contributed by atoms with Crippen molar-refractivity contribution in [2.24, 2.45) is 46.3 Å². The number of hydrogen-bond acceptors (Lipinski definition) is 3. The molecular weight excluding hydrogens is 372 g/mol. The third-order valence-electron chi connectivity index (χ3n) is 10.2.